The van der Waals surface area contributed by atoms with E-state index in [4.69, 9.17) is 14.2 Å². The molecule has 0 aromatic heterocycles. The summed E-state index contributed by atoms with van der Waals surface area (Å²) in [7, 11) is 0. The van der Waals surface area contributed by atoms with Crippen LogP contribution in [0.5, 0.6) is 0 Å². The maximum Gasteiger partial charge on any atom is 0.338 e. The third-order valence-corrected chi connectivity index (χ3v) is 4.75. The van der Waals surface area contributed by atoms with Crippen LogP contribution in [-0.4, -0.2) is 47.6 Å². The van der Waals surface area contributed by atoms with Crippen LogP contribution in [0.15, 0.2) is 72.8 Å². The van der Waals surface area contributed by atoms with E-state index in [1.165, 1.54) is 0 Å². The minimum absolute atomic E-state index is 0.129. The van der Waals surface area contributed by atoms with E-state index < -0.39 is 29.7 Å². The van der Waals surface area contributed by atoms with Crippen LogP contribution in [-0.2, 0) is 14.2 Å². The summed E-state index contributed by atoms with van der Waals surface area (Å²) in [5, 5.41) is 10.7. The zero-order valence-electron chi connectivity index (χ0n) is 14.4. The van der Waals surface area contributed by atoms with Crippen molar-refractivity contribution in [2.45, 2.75) is 23.9 Å². The SMILES string of the molecule is O=C(OC[C@@]12O[C@@H]1C=C[C@H](OC(=O)c1ccccc1)[C@@H]2O)c1ccccc1. The van der Waals surface area contributed by atoms with Crippen molar-refractivity contribution in [3.05, 3.63) is 83.9 Å². The number of hydrogen-bond donors (Lipinski definition) is 1. The summed E-state index contributed by atoms with van der Waals surface area (Å²) in [6.45, 7) is -0.129. The molecule has 1 heterocycles. The molecule has 1 aliphatic carbocycles. The predicted octanol–water partition coefficient (Wildman–Crippen LogP) is 2.14. The molecule has 1 N–H and O–H groups in total. The van der Waals surface area contributed by atoms with Crippen molar-refractivity contribution in [2.24, 2.45) is 0 Å². The van der Waals surface area contributed by atoms with E-state index in [0.717, 1.165) is 0 Å². The van der Waals surface area contributed by atoms with E-state index >= 15 is 0 Å². The summed E-state index contributed by atoms with van der Waals surface area (Å²) in [4.78, 5) is 24.4. The van der Waals surface area contributed by atoms with Gasteiger partial charge in [0.1, 0.15) is 24.9 Å². The summed E-state index contributed by atoms with van der Waals surface area (Å²) >= 11 is 0. The van der Waals surface area contributed by atoms with Crippen LogP contribution >= 0.6 is 0 Å². The van der Waals surface area contributed by atoms with Gasteiger partial charge >= 0.3 is 11.9 Å². The van der Waals surface area contributed by atoms with Gasteiger partial charge in [0.25, 0.3) is 0 Å². The number of hydrogen-bond acceptors (Lipinski definition) is 6. The lowest BCUT2D eigenvalue weighted by Crippen LogP contribution is -2.48. The first-order valence-electron chi connectivity index (χ1n) is 8.62. The van der Waals surface area contributed by atoms with Crippen molar-refractivity contribution in [1.82, 2.24) is 0 Å². The number of esters is 2. The Hall–Kier alpha value is -2.96. The highest BCUT2D eigenvalue weighted by molar-refractivity contribution is 5.90. The van der Waals surface area contributed by atoms with Crippen LogP contribution in [0.1, 0.15) is 20.7 Å². The minimum Gasteiger partial charge on any atom is -0.459 e. The van der Waals surface area contributed by atoms with Gasteiger partial charge in [0, 0.05) is 0 Å². The van der Waals surface area contributed by atoms with Gasteiger partial charge in [-0.3, -0.25) is 0 Å². The molecule has 0 amide bonds. The van der Waals surface area contributed by atoms with E-state index in [0.29, 0.717) is 11.1 Å². The van der Waals surface area contributed by atoms with Crippen LogP contribution in [0.2, 0.25) is 0 Å². The average molecular weight is 366 g/mol. The lowest BCUT2D eigenvalue weighted by atomic mass is 9.89. The molecule has 6 heteroatoms. The van der Waals surface area contributed by atoms with E-state index in [2.05, 4.69) is 0 Å². The summed E-state index contributed by atoms with van der Waals surface area (Å²) in [5.74, 6) is -1.04. The second kappa shape index (κ2) is 6.98. The maximum absolute atomic E-state index is 12.2. The predicted molar refractivity (Wildman–Crippen MR) is 95.1 cm³/mol. The normalized spacial score (nSPS) is 28.1. The number of carbonyl (C=O) groups excluding carboxylic acids is 2. The molecule has 1 saturated heterocycles. The molecular formula is C21H18O6. The van der Waals surface area contributed by atoms with Gasteiger partial charge in [-0.1, -0.05) is 42.5 Å². The number of carbonyl (C=O) groups is 2. The Kier molecular flexibility index (Phi) is 4.51. The fourth-order valence-electron chi connectivity index (χ4n) is 3.14. The second-order valence-corrected chi connectivity index (χ2v) is 6.50. The quantitative estimate of drug-likeness (QED) is 0.496. The van der Waals surface area contributed by atoms with Gasteiger partial charge in [-0.2, -0.15) is 0 Å². The molecule has 0 spiro atoms. The summed E-state index contributed by atoms with van der Waals surface area (Å²) in [6.07, 6.45) is 0.922. The van der Waals surface area contributed by atoms with Gasteiger partial charge < -0.3 is 19.3 Å². The number of ether oxygens (including phenoxy) is 3. The van der Waals surface area contributed by atoms with Crippen molar-refractivity contribution in [3.8, 4) is 0 Å². The Morgan fingerprint density at radius 3 is 2.15 bits per heavy atom. The molecule has 4 rings (SSSR count). The van der Waals surface area contributed by atoms with E-state index in [1.807, 2.05) is 0 Å². The molecule has 2 aromatic rings. The average Bonchev–Trinajstić information content (AvgIpc) is 3.45. The number of fused-ring (bicyclic) bond motifs is 1. The topological polar surface area (TPSA) is 85.4 Å². The molecule has 2 aromatic carbocycles. The summed E-state index contributed by atoms with van der Waals surface area (Å²) < 4.78 is 16.3. The van der Waals surface area contributed by atoms with Crippen molar-refractivity contribution in [3.63, 3.8) is 0 Å². The van der Waals surface area contributed by atoms with E-state index in [1.54, 1.807) is 72.8 Å². The smallest absolute Gasteiger partial charge is 0.338 e. The second-order valence-electron chi connectivity index (χ2n) is 6.50. The molecule has 0 bridgehead atoms. The van der Waals surface area contributed by atoms with Crippen LogP contribution in [0.3, 0.4) is 0 Å². The molecule has 138 valence electrons. The Balaban J connectivity index is 1.41. The van der Waals surface area contributed by atoms with Crippen molar-refractivity contribution in [2.75, 3.05) is 6.61 Å². The van der Waals surface area contributed by atoms with Crippen LogP contribution < -0.4 is 0 Å². The van der Waals surface area contributed by atoms with Gasteiger partial charge in [0.05, 0.1) is 11.1 Å². The zero-order valence-corrected chi connectivity index (χ0v) is 14.4. The number of rotatable bonds is 5. The molecule has 1 aliphatic heterocycles. The molecule has 6 nitrogen and oxygen atoms in total. The third kappa shape index (κ3) is 3.37. The Morgan fingerprint density at radius 1 is 0.926 bits per heavy atom. The lowest BCUT2D eigenvalue weighted by Gasteiger charge is -2.28. The molecule has 0 radical (unpaired) electrons. The monoisotopic (exact) mass is 366 g/mol. The Labute approximate surface area is 156 Å². The summed E-state index contributed by atoms with van der Waals surface area (Å²) in [5.41, 5.74) is -0.277. The van der Waals surface area contributed by atoms with Gasteiger partial charge in [-0.25, -0.2) is 9.59 Å². The molecule has 4 atom stereocenters. The molecule has 0 saturated carbocycles. The summed E-state index contributed by atoms with van der Waals surface area (Å²) in [6, 6.07) is 17.1. The first-order chi connectivity index (χ1) is 13.1. The van der Waals surface area contributed by atoms with Crippen LogP contribution in [0, 0.1) is 0 Å². The van der Waals surface area contributed by atoms with E-state index in [-0.39, 0.29) is 12.7 Å². The largest absolute Gasteiger partial charge is 0.459 e. The Morgan fingerprint density at radius 2 is 1.52 bits per heavy atom. The molecule has 1 fully saturated rings. The van der Waals surface area contributed by atoms with Crippen molar-refractivity contribution >= 4 is 11.9 Å². The van der Waals surface area contributed by atoms with Crippen LogP contribution in [0.4, 0.5) is 0 Å². The number of epoxide rings is 1. The molecule has 2 aliphatic rings. The highest BCUT2D eigenvalue weighted by Crippen LogP contribution is 2.46. The number of aliphatic hydroxyl groups is 1. The Bertz CT molecular complexity index is 863. The van der Waals surface area contributed by atoms with Crippen molar-refractivity contribution < 1.29 is 28.9 Å². The van der Waals surface area contributed by atoms with Gasteiger partial charge in [0.2, 0.25) is 0 Å². The first-order valence-corrected chi connectivity index (χ1v) is 8.62. The van der Waals surface area contributed by atoms with E-state index in [9.17, 15) is 14.7 Å². The highest BCUT2D eigenvalue weighted by Gasteiger charge is 2.65. The van der Waals surface area contributed by atoms with Gasteiger partial charge in [-0.15, -0.1) is 0 Å². The fraction of sp³-hybridized carbons (Fsp3) is 0.238. The fourth-order valence-corrected chi connectivity index (χ4v) is 3.14. The number of benzene rings is 2. The zero-order chi connectivity index (χ0) is 18.9. The standard InChI is InChI=1S/C21H18O6/c22-18-16(26-20(24)15-9-5-2-6-10-15)11-12-17-21(18,27-17)13-25-19(23)14-7-3-1-4-8-14/h1-12,16-18,22H,13H2/t16-,17+,18-,21+/m0/s1. The first kappa shape index (κ1) is 17.5. The van der Waals surface area contributed by atoms with Crippen LogP contribution in [0.25, 0.3) is 0 Å². The molecular weight excluding hydrogens is 348 g/mol. The molecule has 0 unspecified atom stereocenters. The minimum atomic E-state index is -1.14. The third-order valence-electron chi connectivity index (χ3n) is 4.75. The van der Waals surface area contributed by atoms with Gasteiger partial charge in [-0.05, 0) is 30.3 Å². The lowest BCUT2D eigenvalue weighted by molar-refractivity contribution is -0.0486. The highest BCUT2D eigenvalue weighted by atomic mass is 16.7. The number of aliphatic hydroxyl groups excluding tert-OH is 1. The van der Waals surface area contributed by atoms with Crippen molar-refractivity contribution in [1.29, 1.82) is 0 Å². The van der Waals surface area contributed by atoms with Gasteiger partial charge in [0.15, 0.2) is 5.60 Å². The maximum atomic E-state index is 12.2. The molecule has 27 heavy (non-hydrogen) atoms.